The fraction of sp³-hybridized carbons (Fsp3) is 0.600. The molecule has 0 radical (unpaired) electrons. The van der Waals surface area contributed by atoms with Crippen molar-refractivity contribution in [2.24, 2.45) is 0 Å². The Labute approximate surface area is 121 Å². The number of anilines is 2. The maximum Gasteiger partial charge on any atom is 0.143 e. The molecule has 1 aliphatic heterocycles. The van der Waals surface area contributed by atoms with Crippen LogP contribution in [0.25, 0.3) is 0 Å². The van der Waals surface area contributed by atoms with Crippen molar-refractivity contribution >= 4 is 11.4 Å². The van der Waals surface area contributed by atoms with Gasteiger partial charge >= 0.3 is 0 Å². The van der Waals surface area contributed by atoms with Gasteiger partial charge in [-0.25, -0.2) is 0 Å². The summed E-state index contributed by atoms with van der Waals surface area (Å²) in [6.07, 6.45) is 0. The first kappa shape index (κ1) is 14.9. The quantitative estimate of drug-likeness (QED) is 0.813. The molecule has 0 bridgehead atoms. The molecular weight excluding hydrogens is 252 g/mol. The maximum absolute atomic E-state index is 6.17. The Morgan fingerprint density at radius 3 is 2.50 bits per heavy atom. The van der Waals surface area contributed by atoms with Crippen LogP contribution in [0.5, 0.6) is 5.75 Å². The largest absolute Gasteiger partial charge is 0.495 e. The van der Waals surface area contributed by atoms with Crippen molar-refractivity contribution in [3.63, 3.8) is 0 Å². The molecule has 1 aromatic carbocycles. The molecule has 0 aliphatic carbocycles. The van der Waals surface area contributed by atoms with Crippen molar-refractivity contribution in [3.8, 4) is 5.75 Å². The van der Waals surface area contributed by atoms with Gasteiger partial charge in [0.1, 0.15) is 5.75 Å². The molecule has 0 amide bonds. The predicted molar refractivity (Wildman–Crippen MR) is 84.6 cm³/mol. The standard InChI is InChI=1S/C15H26N4O/c1-17(2)7-8-18-9-11-19(12-10-18)13-5-4-6-14(20-3)15(13)16/h4-6H,7-12,16H2,1-3H3. The average molecular weight is 278 g/mol. The minimum Gasteiger partial charge on any atom is -0.495 e. The summed E-state index contributed by atoms with van der Waals surface area (Å²) in [5.74, 6) is 0.762. The zero-order chi connectivity index (χ0) is 14.5. The van der Waals surface area contributed by atoms with Crippen LogP contribution in [0, 0.1) is 0 Å². The van der Waals surface area contributed by atoms with Crippen molar-refractivity contribution in [2.45, 2.75) is 0 Å². The normalized spacial score (nSPS) is 16.7. The highest BCUT2D eigenvalue weighted by Gasteiger charge is 2.19. The van der Waals surface area contributed by atoms with E-state index in [1.807, 2.05) is 12.1 Å². The van der Waals surface area contributed by atoms with Gasteiger partial charge in [-0.1, -0.05) is 6.07 Å². The Hall–Kier alpha value is -1.46. The molecule has 1 heterocycles. The number of nitrogen functional groups attached to an aromatic ring is 1. The van der Waals surface area contributed by atoms with Crippen LogP contribution in [0.3, 0.4) is 0 Å². The molecular formula is C15H26N4O. The highest BCUT2D eigenvalue weighted by Crippen LogP contribution is 2.32. The van der Waals surface area contributed by atoms with Gasteiger partial charge in [-0.15, -0.1) is 0 Å². The van der Waals surface area contributed by atoms with Crippen LogP contribution in [0.2, 0.25) is 0 Å². The summed E-state index contributed by atoms with van der Waals surface area (Å²) in [5, 5.41) is 0. The lowest BCUT2D eigenvalue weighted by Crippen LogP contribution is -2.48. The van der Waals surface area contributed by atoms with Crippen molar-refractivity contribution in [2.75, 3.05) is 71.1 Å². The van der Waals surface area contributed by atoms with Gasteiger partial charge in [0.15, 0.2) is 0 Å². The fourth-order valence-corrected chi connectivity index (χ4v) is 2.54. The van der Waals surface area contributed by atoms with E-state index < -0.39 is 0 Å². The number of hydrogen-bond acceptors (Lipinski definition) is 5. The molecule has 1 fully saturated rings. The first-order valence-electron chi connectivity index (χ1n) is 7.16. The van der Waals surface area contributed by atoms with E-state index in [0.29, 0.717) is 0 Å². The number of nitrogens with two attached hydrogens (primary N) is 1. The van der Waals surface area contributed by atoms with Crippen LogP contribution in [0.15, 0.2) is 18.2 Å². The van der Waals surface area contributed by atoms with Crippen molar-refractivity contribution < 1.29 is 4.74 Å². The van der Waals surface area contributed by atoms with Crippen LogP contribution in [0.1, 0.15) is 0 Å². The van der Waals surface area contributed by atoms with Gasteiger partial charge < -0.3 is 20.3 Å². The molecule has 1 aromatic rings. The van der Waals surface area contributed by atoms with E-state index in [0.717, 1.165) is 56.4 Å². The third-order valence-electron chi connectivity index (χ3n) is 3.84. The smallest absolute Gasteiger partial charge is 0.143 e. The predicted octanol–water partition coefficient (Wildman–Crippen LogP) is 0.961. The van der Waals surface area contributed by atoms with Crippen LogP contribution in [-0.2, 0) is 0 Å². The van der Waals surface area contributed by atoms with Gasteiger partial charge in [-0.2, -0.15) is 0 Å². The Morgan fingerprint density at radius 2 is 1.90 bits per heavy atom. The Kier molecular flexibility index (Phi) is 5.09. The SMILES string of the molecule is COc1cccc(N2CCN(CCN(C)C)CC2)c1N. The summed E-state index contributed by atoms with van der Waals surface area (Å²) in [4.78, 5) is 7.09. The highest BCUT2D eigenvalue weighted by atomic mass is 16.5. The molecule has 5 heteroatoms. The third kappa shape index (κ3) is 3.55. The molecule has 0 atom stereocenters. The topological polar surface area (TPSA) is 45.0 Å². The monoisotopic (exact) mass is 278 g/mol. The van der Waals surface area contributed by atoms with Gasteiger partial charge in [0.05, 0.1) is 18.5 Å². The molecule has 0 aromatic heterocycles. The van der Waals surface area contributed by atoms with E-state index in [-0.39, 0.29) is 0 Å². The number of piperazine rings is 1. The van der Waals surface area contributed by atoms with Gasteiger partial charge in [0, 0.05) is 39.3 Å². The summed E-state index contributed by atoms with van der Waals surface area (Å²) in [6.45, 7) is 6.46. The minimum atomic E-state index is 0.747. The first-order chi connectivity index (χ1) is 9.61. The van der Waals surface area contributed by atoms with Gasteiger partial charge in [-0.3, -0.25) is 4.90 Å². The third-order valence-corrected chi connectivity index (χ3v) is 3.84. The Morgan fingerprint density at radius 1 is 1.20 bits per heavy atom. The number of para-hydroxylation sites is 1. The molecule has 112 valence electrons. The van der Waals surface area contributed by atoms with E-state index in [2.05, 4.69) is 34.9 Å². The van der Waals surface area contributed by atoms with E-state index in [4.69, 9.17) is 10.5 Å². The van der Waals surface area contributed by atoms with Gasteiger partial charge in [0.2, 0.25) is 0 Å². The van der Waals surface area contributed by atoms with Crippen molar-refractivity contribution in [1.29, 1.82) is 0 Å². The lowest BCUT2D eigenvalue weighted by molar-refractivity contribution is 0.229. The van der Waals surface area contributed by atoms with Crippen LogP contribution in [0.4, 0.5) is 11.4 Å². The van der Waals surface area contributed by atoms with Gasteiger partial charge in [-0.05, 0) is 26.2 Å². The molecule has 20 heavy (non-hydrogen) atoms. The molecule has 0 spiro atoms. The molecule has 5 nitrogen and oxygen atoms in total. The number of benzene rings is 1. The van der Waals surface area contributed by atoms with E-state index in [1.165, 1.54) is 0 Å². The first-order valence-corrected chi connectivity index (χ1v) is 7.16. The molecule has 0 unspecified atom stereocenters. The van der Waals surface area contributed by atoms with Crippen LogP contribution >= 0.6 is 0 Å². The maximum atomic E-state index is 6.17. The highest BCUT2D eigenvalue weighted by molar-refractivity contribution is 5.74. The van der Waals surface area contributed by atoms with E-state index >= 15 is 0 Å². The summed E-state index contributed by atoms with van der Waals surface area (Å²) in [7, 11) is 5.90. The molecule has 1 aliphatic rings. The zero-order valence-corrected chi connectivity index (χ0v) is 12.8. The summed E-state index contributed by atoms with van der Waals surface area (Å²) in [6, 6.07) is 5.99. The van der Waals surface area contributed by atoms with E-state index in [9.17, 15) is 0 Å². The van der Waals surface area contributed by atoms with Gasteiger partial charge in [0.25, 0.3) is 0 Å². The number of nitrogens with zero attached hydrogens (tertiary/aromatic N) is 3. The number of rotatable bonds is 5. The summed E-state index contributed by atoms with van der Waals surface area (Å²) in [5.41, 5.74) is 8.01. The van der Waals surface area contributed by atoms with Crippen LogP contribution in [-0.4, -0.2) is 70.3 Å². The number of likely N-dealkylation sites (N-methyl/N-ethyl adjacent to an activating group) is 1. The number of ether oxygens (including phenoxy) is 1. The number of hydrogen-bond donors (Lipinski definition) is 1. The zero-order valence-electron chi connectivity index (χ0n) is 12.8. The summed E-state index contributed by atoms with van der Waals surface area (Å²) >= 11 is 0. The lowest BCUT2D eigenvalue weighted by atomic mass is 10.2. The van der Waals surface area contributed by atoms with E-state index in [1.54, 1.807) is 7.11 Å². The molecule has 2 rings (SSSR count). The lowest BCUT2D eigenvalue weighted by Gasteiger charge is -2.37. The van der Waals surface area contributed by atoms with Crippen molar-refractivity contribution in [3.05, 3.63) is 18.2 Å². The summed E-state index contributed by atoms with van der Waals surface area (Å²) < 4.78 is 5.29. The fourth-order valence-electron chi connectivity index (χ4n) is 2.54. The number of methoxy groups -OCH3 is 1. The second-order valence-electron chi connectivity index (χ2n) is 5.53. The molecule has 0 saturated carbocycles. The second-order valence-corrected chi connectivity index (χ2v) is 5.53. The molecule has 2 N–H and O–H groups in total. The Balaban J connectivity index is 1.94. The average Bonchev–Trinajstić information content (AvgIpc) is 2.46. The molecule has 1 saturated heterocycles. The van der Waals surface area contributed by atoms with Crippen LogP contribution < -0.4 is 15.4 Å². The van der Waals surface area contributed by atoms with Crippen molar-refractivity contribution in [1.82, 2.24) is 9.80 Å². The Bertz CT molecular complexity index is 428. The second kappa shape index (κ2) is 6.81. The minimum absolute atomic E-state index is 0.747.